The van der Waals surface area contributed by atoms with Crippen LogP contribution in [0.25, 0.3) is 0 Å². The van der Waals surface area contributed by atoms with E-state index in [1.807, 2.05) is 37.3 Å². The SMILES string of the molecule is CCOC(Oc1ccccc1)C(CC(C)C)(CC(C)C)c1c(CN)ccc(C)c1C. The first-order valence-corrected chi connectivity index (χ1v) is 11.4. The predicted molar refractivity (Wildman–Crippen MR) is 127 cm³/mol. The Labute approximate surface area is 184 Å². The van der Waals surface area contributed by atoms with E-state index < -0.39 is 0 Å². The number of nitrogens with two attached hydrogens (primary N) is 1. The van der Waals surface area contributed by atoms with Gasteiger partial charge in [0.2, 0.25) is 6.29 Å². The molecule has 1 atom stereocenters. The van der Waals surface area contributed by atoms with Gasteiger partial charge in [-0.05, 0) is 79.8 Å². The van der Waals surface area contributed by atoms with Gasteiger partial charge in [-0.25, -0.2) is 0 Å². The zero-order chi connectivity index (χ0) is 22.3. The van der Waals surface area contributed by atoms with Gasteiger partial charge in [0.05, 0.1) is 5.41 Å². The Hall–Kier alpha value is -1.84. The van der Waals surface area contributed by atoms with Gasteiger partial charge in [-0.15, -0.1) is 0 Å². The molecule has 2 N–H and O–H groups in total. The van der Waals surface area contributed by atoms with Gasteiger partial charge in [0.1, 0.15) is 5.75 Å². The Morgan fingerprint density at radius 1 is 0.900 bits per heavy atom. The summed E-state index contributed by atoms with van der Waals surface area (Å²) in [6, 6.07) is 14.4. The zero-order valence-electron chi connectivity index (χ0n) is 20.0. The number of benzene rings is 2. The molecule has 0 bridgehead atoms. The summed E-state index contributed by atoms with van der Waals surface area (Å²) in [6.45, 7) is 16.7. The van der Waals surface area contributed by atoms with Gasteiger partial charge in [0.15, 0.2) is 0 Å². The third kappa shape index (κ3) is 5.65. The molecular weight excluding hydrogens is 370 g/mol. The van der Waals surface area contributed by atoms with Gasteiger partial charge in [-0.3, -0.25) is 0 Å². The van der Waals surface area contributed by atoms with Gasteiger partial charge in [0, 0.05) is 13.2 Å². The number of hydrogen-bond donors (Lipinski definition) is 1. The maximum Gasteiger partial charge on any atom is 0.209 e. The summed E-state index contributed by atoms with van der Waals surface area (Å²) < 4.78 is 13.0. The molecule has 0 radical (unpaired) electrons. The van der Waals surface area contributed by atoms with Crippen LogP contribution in [-0.4, -0.2) is 12.9 Å². The van der Waals surface area contributed by atoms with Crippen LogP contribution in [0.1, 0.15) is 69.7 Å². The maximum atomic E-state index is 6.61. The highest BCUT2D eigenvalue weighted by Crippen LogP contribution is 2.46. The number of ether oxygens (including phenoxy) is 2. The van der Waals surface area contributed by atoms with Crippen LogP contribution >= 0.6 is 0 Å². The molecule has 0 saturated heterocycles. The van der Waals surface area contributed by atoms with E-state index in [4.69, 9.17) is 15.2 Å². The number of hydrogen-bond acceptors (Lipinski definition) is 3. The highest BCUT2D eigenvalue weighted by Gasteiger charge is 2.46. The van der Waals surface area contributed by atoms with E-state index in [2.05, 4.69) is 53.7 Å². The van der Waals surface area contributed by atoms with Crippen molar-refractivity contribution in [3.63, 3.8) is 0 Å². The molecule has 3 heteroatoms. The summed E-state index contributed by atoms with van der Waals surface area (Å²) in [4.78, 5) is 0. The van der Waals surface area contributed by atoms with Crippen molar-refractivity contribution in [1.29, 1.82) is 0 Å². The standard InChI is InChI=1S/C27H41NO2/c1-8-29-26(30-24-12-10-9-11-13-24)27(16-19(2)3,17-20(4)5)25-22(7)21(6)14-15-23(25)18-28/h9-15,19-20,26H,8,16-18,28H2,1-7H3. The van der Waals surface area contributed by atoms with Gasteiger partial charge >= 0.3 is 0 Å². The van der Waals surface area contributed by atoms with Crippen molar-refractivity contribution in [3.05, 3.63) is 64.7 Å². The van der Waals surface area contributed by atoms with Gasteiger partial charge in [-0.1, -0.05) is 58.0 Å². The lowest BCUT2D eigenvalue weighted by Crippen LogP contribution is -2.48. The first kappa shape index (κ1) is 24.4. The molecule has 0 heterocycles. The summed E-state index contributed by atoms with van der Waals surface area (Å²) in [7, 11) is 0. The van der Waals surface area contributed by atoms with E-state index in [9.17, 15) is 0 Å². The molecule has 2 aromatic carbocycles. The lowest BCUT2D eigenvalue weighted by Gasteiger charge is -2.45. The van der Waals surface area contributed by atoms with Crippen LogP contribution in [-0.2, 0) is 16.7 Å². The molecule has 2 rings (SSSR count). The minimum Gasteiger partial charge on any atom is -0.464 e. The molecule has 30 heavy (non-hydrogen) atoms. The second-order valence-corrected chi connectivity index (χ2v) is 9.32. The topological polar surface area (TPSA) is 44.5 Å². The highest BCUT2D eigenvalue weighted by atomic mass is 16.7. The molecule has 1 unspecified atom stereocenters. The normalized spacial score (nSPS) is 13.1. The van der Waals surface area contributed by atoms with E-state index in [0.29, 0.717) is 25.0 Å². The first-order valence-electron chi connectivity index (χ1n) is 11.4. The molecule has 0 aliphatic heterocycles. The Morgan fingerprint density at radius 3 is 2.00 bits per heavy atom. The third-order valence-electron chi connectivity index (χ3n) is 5.84. The summed E-state index contributed by atoms with van der Waals surface area (Å²) in [5.41, 5.74) is 11.1. The molecular formula is C27H41NO2. The average molecular weight is 412 g/mol. The first-order chi connectivity index (χ1) is 14.2. The summed E-state index contributed by atoms with van der Waals surface area (Å²) >= 11 is 0. The maximum absolute atomic E-state index is 6.61. The minimum atomic E-state index is -0.388. The Kier molecular flexibility index (Phi) is 8.93. The van der Waals surface area contributed by atoms with Gasteiger partial charge in [-0.2, -0.15) is 0 Å². The number of aryl methyl sites for hydroxylation is 1. The van der Waals surface area contributed by atoms with Crippen molar-refractivity contribution in [2.45, 2.75) is 79.6 Å². The highest BCUT2D eigenvalue weighted by molar-refractivity contribution is 5.46. The van der Waals surface area contributed by atoms with Crippen LogP contribution < -0.4 is 10.5 Å². The Morgan fingerprint density at radius 2 is 1.50 bits per heavy atom. The van der Waals surface area contributed by atoms with Crippen LogP contribution in [0.2, 0.25) is 0 Å². The Bertz CT molecular complexity index is 773. The van der Waals surface area contributed by atoms with Crippen molar-refractivity contribution in [1.82, 2.24) is 0 Å². The summed E-state index contributed by atoms with van der Waals surface area (Å²) in [5, 5.41) is 0. The molecule has 3 nitrogen and oxygen atoms in total. The zero-order valence-corrected chi connectivity index (χ0v) is 20.0. The van der Waals surface area contributed by atoms with E-state index in [-0.39, 0.29) is 11.7 Å². The third-order valence-corrected chi connectivity index (χ3v) is 5.84. The van der Waals surface area contributed by atoms with Crippen LogP contribution in [0.15, 0.2) is 42.5 Å². The van der Waals surface area contributed by atoms with Crippen LogP contribution in [0.3, 0.4) is 0 Å². The van der Waals surface area contributed by atoms with E-state index in [1.54, 1.807) is 0 Å². The van der Waals surface area contributed by atoms with Crippen molar-refractivity contribution >= 4 is 0 Å². The second kappa shape index (κ2) is 11.0. The fraction of sp³-hybridized carbons (Fsp3) is 0.556. The number of para-hydroxylation sites is 1. The predicted octanol–water partition coefficient (Wildman–Crippen LogP) is 6.53. The molecule has 0 aromatic heterocycles. The lowest BCUT2D eigenvalue weighted by molar-refractivity contribution is -0.136. The van der Waals surface area contributed by atoms with E-state index in [1.165, 1.54) is 22.3 Å². The second-order valence-electron chi connectivity index (χ2n) is 9.32. The van der Waals surface area contributed by atoms with Crippen molar-refractivity contribution < 1.29 is 9.47 Å². The largest absolute Gasteiger partial charge is 0.464 e. The van der Waals surface area contributed by atoms with E-state index >= 15 is 0 Å². The molecule has 166 valence electrons. The molecule has 2 aromatic rings. The lowest BCUT2D eigenvalue weighted by atomic mass is 9.65. The summed E-state index contributed by atoms with van der Waals surface area (Å²) in [6.07, 6.45) is 1.56. The van der Waals surface area contributed by atoms with Crippen molar-refractivity contribution in [2.75, 3.05) is 6.61 Å². The van der Waals surface area contributed by atoms with Crippen molar-refractivity contribution in [2.24, 2.45) is 17.6 Å². The van der Waals surface area contributed by atoms with Crippen LogP contribution in [0.4, 0.5) is 0 Å². The molecule has 0 spiro atoms. The molecule has 0 saturated carbocycles. The number of rotatable bonds is 11. The molecule has 0 aliphatic rings. The quantitative estimate of drug-likeness (QED) is 0.427. The van der Waals surface area contributed by atoms with E-state index in [0.717, 1.165) is 18.6 Å². The summed E-state index contributed by atoms with van der Waals surface area (Å²) in [5.74, 6) is 1.81. The molecule has 0 fully saturated rings. The van der Waals surface area contributed by atoms with Gasteiger partial charge in [0.25, 0.3) is 0 Å². The smallest absolute Gasteiger partial charge is 0.209 e. The van der Waals surface area contributed by atoms with Gasteiger partial charge < -0.3 is 15.2 Å². The van der Waals surface area contributed by atoms with Crippen LogP contribution in [0.5, 0.6) is 5.75 Å². The van der Waals surface area contributed by atoms with Crippen LogP contribution in [0, 0.1) is 25.7 Å². The van der Waals surface area contributed by atoms with Crippen molar-refractivity contribution in [3.8, 4) is 5.75 Å². The minimum absolute atomic E-state index is 0.293. The monoisotopic (exact) mass is 411 g/mol. The fourth-order valence-corrected chi connectivity index (χ4v) is 4.87. The fourth-order valence-electron chi connectivity index (χ4n) is 4.87. The molecule has 0 aliphatic carbocycles. The average Bonchev–Trinajstić information content (AvgIpc) is 2.69. The Balaban J connectivity index is 2.77. The molecule has 0 amide bonds.